The van der Waals surface area contributed by atoms with Crippen molar-refractivity contribution in [3.05, 3.63) is 59.5 Å². The van der Waals surface area contributed by atoms with Crippen LogP contribution < -0.4 is 10.6 Å². The van der Waals surface area contributed by atoms with Gasteiger partial charge in [-0.05, 0) is 43.3 Å². The molecule has 1 aromatic heterocycles. The molecule has 25 heavy (non-hydrogen) atoms. The first-order chi connectivity index (χ1) is 12.1. The topological polar surface area (TPSA) is 57.5 Å². The Hall–Kier alpha value is -2.34. The van der Waals surface area contributed by atoms with E-state index in [4.69, 9.17) is 16.6 Å². The van der Waals surface area contributed by atoms with E-state index in [1.165, 1.54) is 0 Å². The van der Waals surface area contributed by atoms with E-state index in [2.05, 4.69) is 22.8 Å². The van der Waals surface area contributed by atoms with E-state index < -0.39 is 0 Å². The Labute approximate surface area is 154 Å². The summed E-state index contributed by atoms with van der Waals surface area (Å²) < 4.78 is 5.67. The van der Waals surface area contributed by atoms with E-state index in [1.54, 1.807) is 0 Å². The lowest BCUT2D eigenvalue weighted by Gasteiger charge is -2.25. The van der Waals surface area contributed by atoms with Gasteiger partial charge in [0, 0.05) is 13.1 Å². The van der Waals surface area contributed by atoms with E-state index >= 15 is 0 Å². The van der Waals surface area contributed by atoms with E-state index in [0.29, 0.717) is 24.7 Å². The zero-order valence-corrected chi connectivity index (χ0v) is 15.6. The Balaban J connectivity index is 1.99. The highest BCUT2D eigenvalue weighted by molar-refractivity contribution is 7.80. The van der Waals surface area contributed by atoms with Crippen LogP contribution in [0.5, 0.6) is 0 Å². The Morgan fingerprint density at radius 1 is 1.12 bits per heavy atom. The molecule has 0 atom stereocenters. The molecule has 0 aliphatic heterocycles. The number of nitrogens with zero attached hydrogens (tertiary/aromatic N) is 1. The van der Waals surface area contributed by atoms with Crippen LogP contribution in [0, 0.1) is 6.92 Å². The molecule has 2 N–H and O–H groups in total. The Bertz CT molecular complexity index is 685. The Kier molecular flexibility index (Phi) is 7.47. The van der Waals surface area contributed by atoms with Crippen LogP contribution >= 0.6 is 12.2 Å². The number of carbonyl (C=O) groups excluding carboxylic acids is 1. The van der Waals surface area contributed by atoms with Crippen LogP contribution in [0.2, 0.25) is 0 Å². The van der Waals surface area contributed by atoms with Crippen molar-refractivity contribution >= 4 is 23.2 Å². The number of rotatable bonds is 8. The van der Waals surface area contributed by atoms with Gasteiger partial charge in [0.05, 0.1) is 13.1 Å². The van der Waals surface area contributed by atoms with Gasteiger partial charge < -0.3 is 20.0 Å². The molecule has 6 heteroatoms. The highest BCUT2D eigenvalue weighted by Gasteiger charge is 2.14. The third-order valence-electron chi connectivity index (χ3n) is 3.62. The second-order valence-electron chi connectivity index (χ2n) is 5.86. The fourth-order valence-electron chi connectivity index (χ4n) is 2.36. The van der Waals surface area contributed by atoms with Crippen molar-refractivity contribution in [2.24, 2.45) is 0 Å². The maximum absolute atomic E-state index is 11.8. The maximum atomic E-state index is 11.8. The molecular formula is C19H25N3O2S. The molecule has 0 radical (unpaired) electrons. The standard InChI is InChI=1S/C19H25N3O2S/c1-3-11-20-18(23)12-21-19(25)22(13-16-7-5-4-6-8-16)14-17-10-9-15(2)24-17/h4-10H,3,11-14H2,1-2H3,(H,20,23)(H,21,25). The highest BCUT2D eigenvalue weighted by atomic mass is 32.1. The van der Waals surface area contributed by atoms with Crippen LogP contribution in [0.4, 0.5) is 0 Å². The molecule has 134 valence electrons. The van der Waals surface area contributed by atoms with Gasteiger partial charge in [-0.2, -0.15) is 0 Å². The lowest BCUT2D eigenvalue weighted by molar-refractivity contribution is -0.120. The molecule has 1 amide bonds. The molecule has 2 aromatic rings. The molecule has 2 rings (SSSR count). The molecular weight excluding hydrogens is 334 g/mol. The number of hydrogen-bond donors (Lipinski definition) is 2. The van der Waals surface area contributed by atoms with Crippen LogP contribution in [0.1, 0.15) is 30.4 Å². The summed E-state index contributed by atoms with van der Waals surface area (Å²) in [5.74, 6) is 1.65. The molecule has 0 unspecified atom stereocenters. The van der Waals surface area contributed by atoms with Gasteiger partial charge in [-0.3, -0.25) is 4.79 Å². The van der Waals surface area contributed by atoms with Gasteiger partial charge in [0.2, 0.25) is 5.91 Å². The smallest absolute Gasteiger partial charge is 0.239 e. The number of carbonyl (C=O) groups is 1. The summed E-state index contributed by atoms with van der Waals surface area (Å²) in [5.41, 5.74) is 1.14. The van der Waals surface area contributed by atoms with Crippen molar-refractivity contribution in [1.29, 1.82) is 0 Å². The van der Waals surface area contributed by atoms with Crippen molar-refractivity contribution in [2.45, 2.75) is 33.4 Å². The molecule has 1 heterocycles. The van der Waals surface area contributed by atoms with Crippen LogP contribution in [0.25, 0.3) is 0 Å². The van der Waals surface area contributed by atoms with Crippen molar-refractivity contribution < 1.29 is 9.21 Å². The fourth-order valence-corrected chi connectivity index (χ4v) is 2.56. The maximum Gasteiger partial charge on any atom is 0.239 e. The first-order valence-corrected chi connectivity index (χ1v) is 8.88. The summed E-state index contributed by atoms with van der Waals surface area (Å²) in [6.45, 7) is 5.97. The third kappa shape index (κ3) is 6.58. The molecule has 0 aliphatic carbocycles. The molecule has 0 saturated heterocycles. The third-order valence-corrected chi connectivity index (χ3v) is 4.02. The second kappa shape index (κ2) is 9.84. The van der Waals surface area contributed by atoms with Crippen molar-refractivity contribution in [2.75, 3.05) is 13.1 Å². The van der Waals surface area contributed by atoms with E-state index in [1.807, 2.05) is 49.1 Å². The van der Waals surface area contributed by atoms with Gasteiger partial charge in [0.15, 0.2) is 5.11 Å². The number of benzene rings is 1. The van der Waals surface area contributed by atoms with Gasteiger partial charge in [0.1, 0.15) is 11.5 Å². The van der Waals surface area contributed by atoms with Crippen LogP contribution in [-0.4, -0.2) is 29.0 Å². The summed E-state index contributed by atoms with van der Waals surface area (Å²) in [5, 5.41) is 6.41. The minimum atomic E-state index is -0.0577. The number of aryl methyl sites for hydroxylation is 1. The highest BCUT2D eigenvalue weighted by Crippen LogP contribution is 2.13. The number of nitrogens with one attached hydrogen (secondary N) is 2. The molecule has 0 saturated carbocycles. The largest absolute Gasteiger partial charge is 0.464 e. The second-order valence-corrected chi connectivity index (χ2v) is 6.25. The van der Waals surface area contributed by atoms with Gasteiger partial charge in [-0.15, -0.1) is 0 Å². The summed E-state index contributed by atoms with van der Waals surface area (Å²) >= 11 is 5.50. The Morgan fingerprint density at radius 2 is 1.88 bits per heavy atom. The predicted molar refractivity (Wildman–Crippen MR) is 103 cm³/mol. The van der Waals surface area contributed by atoms with E-state index in [-0.39, 0.29) is 12.5 Å². The summed E-state index contributed by atoms with van der Waals surface area (Å²) in [6.07, 6.45) is 0.911. The van der Waals surface area contributed by atoms with Crippen LogP contribution in [0.3, 0.4) is 0 Å². The minimum Gasteiger partial charge on any atom is -0.464 e. The molecule has 5 nitrogen and oxygen atoms in total. The van der Waals surface area contributed by atoms with Crippen molar-refractivity contribution in [3.63, 3.8) is 0 Å². The van der Waals surface area contributed by atoms with Crippen LogP contribution in [-0.2, 0) is 17.9 Å². The molecule has 0 bridgehead atoms. The van der Waals surface area contributed by atoms with Gasteiger partial charge in [0.25, 0.3) is 0 Å². The lowest BCUT2D eigenvalue weighted by atomic mass is 10.2. The average Bonchev–Trinajstić information content (AvgIpc) is 3.03. The summed E-state index contributed by atoms with van der Waals surface area (Å²) in [7, 11) is 0. The zero-order chi connectivity index (χ0) is 18.1. The van der Waals surface area contributed by atoms with Crippen molar-refractivity contribution in [3.8, 4) is 0 Å². The number of thiocarbonyl (C=S) groups is 1. The predicted octanol–water partition coefficient (Wildman–Crippen LogP) is 2.99. The first kappa shape index (κ1) is 19.0. The van der Waals surface area contributed by atoms with Crippen molar-refractivity contribution in [1.82, 2.24) is 15.5 Å². The van der Waals surface area contributed by atoms with Gasteiger partial charge in [-0.25, -0.2) is 0 Å². The van der Waals surface area contributed by atoms with E-state index in [0.717, 1.165) is 23.5 Å². The minimum absolute atomic E-state index is 0.0577. The van der Waals surface area contributed by atoms with E-state index in [9.17, 15) is 4.79 Å². The van der Waals surface area contributed by atoms with Crippen LogP contribution in [0.15, 0.2) is 46.9 Å². The number of amides is 1. The lowest BCUT2D eigenvalue weighted by Crippen LogP contribution is -2.43. The SMILES string of the molecule is CCCNC(=O)CNC(=S)N(Cc1ccccc1)Cc1ccc(C)o1. The average molecular weight is 359 g/mol. The van der Waals surface area contributed by atoms with Gasteiger partial charge in [-0.1, -0.05) is 37.3 Å². The summed E-state index contributed by atoms with van der Waals surface area (Å²) in [6, 6.07) is 14.0. The van der Waals surface area contributed by atoms with Gasteiger partial charge >= 0.3 is 0 Å². The quantitative estimate of drug-likeness (QED) is 0.710. The zero-order valence-electron chi connectivity index (χ0n) is 14.7. The number of hydrogen-bond acceptors (Lipinski definition) is 3. The number of furan rings is 1. The first-order valence-electron chi connectivity index (χ1n) is 8.47. The molecule has 0 aliphatic rings. The normalized spacial score (nSPS) is 10.3. The molecule has 1 aromatic carbocycles. The Morgan fingerprint density at radius 3 is 2.52 bits per heavy atom. The summed E-state index contributed by atoms with van der Waals surface area (Å²) in [4.78, 5) is 13.8. The molecule has 0 fully saturated rings. The molecule has 0 spiro atoms. The monoisotopic (exact) mass is 359 g/mol. The fraction of sp³-hybridized carbons (Fsp3) is 0.368.